The van der Waals surface area contributed by atoms with Crippen molar-refractivity contribution in [3.05, 3.63) is 24.3 Å². The fraction of sp³-hybridized carbons (Fsp3) is 0.286. The third-order valence-electron chi connectivity index (χ3n) is 1.53. The molecule has 0 spiro atoms. The molecule has 0 fully saturated rings. The summed E-state index contributed by atoms with van der Waals surface area (Å²) in [6.45, 7) is 0. The molecule has 2 unspecified atom stereocenters. The number of nitrogens with two attached hydrogens (primary N) is 1. The number of allylic oxidation sites excluding steroid dienone is 2. The maximum absolute atomic E-state index is 10.3. The van der Waals surface area contributed by atoms with Crippen molar-refractivity contribution in [1.29, 1.82) is 0 Å². The molecule has 1 rings (SSSR count). The van der Waals surface area contributed by atoms with E-state index < -0.39 is 17.6 Å². The molecule has 4 nitrogen and oxygen atoms in total. The zero-order valence-electron chi connectivity index (χ0n) is 6.73. The van der Waals surface area contributed by atoms with Gasteiger partial charge < -0.3 is 15.0 Å². The van der Waals surface area contributed by atoms with Gasteiger partial charge >= 0.3 is 29.6 Å². The SMILES string of the molecule is NC1(O)C=CC=CC1C(=O)[O-].[Na+]. The maximum atomic E-state index is 10.3. The van der Waals surface area contributed by atoms with Crippen LogP contribution in [0.3, 0.4) is 0 Å². The fourth-order valence-corrected chi connectivity index (χ4v) is 0.910. The van der Waals surface area contributed by atoms with Crippen LogP contribution in [0.25, 0.3) is 0 Å². The van der Waals surface area contributed by atoms with Gasteiger partial charge in [0.15, 0.2) is 0 Å². The van der Waals surface area contributed by atoms with Crippen molar-refractivity contribution in [2.45, 2.75) is 5.72 Å². The van der Waals surface area contributed by atoms with Gasteiger partial charge in [-0.25, -0.2) is 0 Å². The Morgan fingerprint density at radius 3 is 2.50 bits per heavy atom. The predicted molar refractivity (Wildman–Crippen MR) is 35.9 cm³/mol. The van der Waals surface area contributed by atoms with Crippen LogP contribution in [0.4, 0.5) is 0 Å². The van der Waals surface area contributed by atoms with Gasteiger partial charge in [0.1, 0.15) is 5.72 Å². The number of aliphatic carboxylic acids is 1. The van der Waals surface area contributed by atoms with E-state index in [-0.39, 0.29) is 29.6 Å². The van der Waals surface area contributed by atoms with Crippen LogP contribution in [0, 0.1) is 5.92 Å². The number of hydrogen-bond donors (Lipinski definition) is 2. The molecule has 0 saturated heterocycles. The van der Waals surface area contributed by atoms with Crippen molar-refractivity contribution >= 4 is 5.97 Å². The molecule has 1 aliphatic rings. The second-order valence-corrected chi connectivity index (χ2v) is 2.43. The van der Waals surface area contributed by atoms with E-state index in [1.54, 1.807) is 0 Å². The summed E-state index contributed by atoms with van der Waals surface area (Å²) >= 11 is 0. The molecule has 0 radical (unpaired) electrons. The fourth-order valence-electron chi connectivity index (χ4n) is 0.910. The van der Waals surface area contributed by atoms with Crippen LogP contribution in [-0.4, -0.2) is 16.8 Å². The van der Waals surface area contributed by atoms with E-state index in [1.807, 2.05) is 0 Å². The summed E-state index contributed by atoms with van der Waals surface area (Å²) in [5.41, 5.74) is 3.41. The molecule has 0 aliphatic heterocycles. The molecule has 0 bridgehead atoms. The van der Waals surface area contributed by atoms with Crippen LogP contribution < -0.4 is 40.4 Å². The van der Waals surface area contributed by atoms with E-state index in [1.165, 1.54) is 24.3 Å². The molecule has 0 aromatic carbocycles. The Morgan fingerprint density at radius 1 is 1.58 bits per heavy atom. The van der Waals surface area contributed by atoms with Crippen LogP contribution in [0.15, 0.2) is 24.3 Å². The molecule has 0 heterocycles. The third-order valence-corrected chi connectivity index (χ3v) is 1.53. The first-order valence-corrected chi connectivity index (χ1v) is 3.12. The maximum Gasteiger partial charge on any atom is 1.00 e. The summed E-state index contributed by atoms with van der Waals surface area (Å²) in [5.74, 6) is -2.54. The molecule has 0 aromatic heterocycles. The summed E-state index contributed by atoms with van der Waals surface area (Å²) < 4.78 is 0. The van der Waals surface area contributed by atoms with Crippen molar-refractivity contribution in [2.75, 3.05) is 0 Å². The Balaban J connectivity index is 0.00000121. The molecule has 0 amide bonds. The molecule has 1 aliphatic carbocycles. The van der Waals surface area contributed by atoms with Crippen molar-refractivity contribution in [3.63, 3.8) is 0 Å². The van der Waals surface area contributed by atoms with E-state index >= 15 is 0 Å². The van der Waals surface area contributed by atoms with Crippen molar-refractivity contribution < 1.29 is 44.6 Å². The number of aliphatic hydroxyl groups is 1. The van der Waals surface area contributed by atoms with Gasteiger partial charge in [0.05, 0.1) is 11.9 Å². The Hall–Kier alpha value is -0.130. The van der Waals surface area contributed by atoms with Crippen molar-refractivity contribution in [1.82, 2.24) is 0 Å². The first-order valence-electron chi connectivity index (χ1n) is 3.12. The Labute approximate surface area is 92.0 Å². The first kappa shape index (κ1) is 11.9. The van der Waals surface area contributed by atoms with Gasteiger partial charge in [-0.2, -0.15) is 0 Å². The molecule has 3 N–H and O–H groups in total. The standard InChI is InChI=1S/C7H9NO3.Na/c8-7(11)4-2-1-3-5(7)6(9)10;/h1-5,11H,8H2,(H,9,10);/q;+1/p-1. The van der Waals surface area contributed by atoms with Crippen LogP contribution in [0.1, 0.15) is 0 Å². The van der Waals surface area contributed by atoms with E-state index in [9.17, 15) is 15.0 Å². The van der Waals surface area contributed by atoms with E-state index in [4.69, 9.17) is 5.73 Å². The average Bonchev–Trinajstić information content (AvgIpc) is 1.85. The summed E-state index contributed by atoms with van der Waals surface area (Å²) in [5, 5.41) is 19.6. The zero-order chi connectivity index (χ0) is 8.48. The van der Waals surface area contributed by atoms with Gasteiger partial charge in [0.2, 0.25) is 0 Å². The van der Waals surface area contributed by atoms with Crippen molar-refractivity contribution in [2.24, 2.45) is 11.7 Å². The second kappa shape index (κ2) is 4.20. The van der Waals surface area contributed by atoms with Crippen LogP contribution in [0.2, 0.25) is 0 Å². The molecule has 2 atom stereocenters. The monoisotopic (exact) mass is 177 g/mol. The molecule has 5 heteroatoms. The van der Waals surface area contributed by atoms with Crippen LogP contribution in [0.5, 0.6) is 0 Å². The molecular weight excluding hydrogens is 169 g/mol. The minimum Gasteiger partial charge on any atom is -0.549 e. The van der Waals surface area contributed by atoms with Gasteiger partial charge in [-0.15, -0.1) is 0 Å². The van der Waals surface area contributed by atoms with Crippen LogP contribution >= 0.6 is 0 Å². The topological polar surface area (TPSA) is 86.4 Å². The zero-order valence-corrected chi connectivity index (χ0v) is 8.73. The number of carboxylic acids is 1. The van der Waals surface area contributed by atoms with Crippen LogP contribution in [-0.2, 0) is 4.79 Å². The Bertz CT molecular complexity index is 235. The van der Waals surface area contributed by atoms with Crippen molar-refractivity contribution in [3.8, 4) is 0 Å². The van der Waals surface area contributed by atoms with Gasteiger partial charge in [0, 0.05) is 0 Å². The van der Waals surface area contributed by atoms with E-state index in [0.717, 1.165) is 0 Å². The molecule has 0 saturated carbocycles. The summed E-state index contributed by atoms with van der Waals surface area (Å²) in [7, 11) is 0. The number of carbonyl (C=O) groups excluding carboxylic acids is 1. The quantitative estimate of drug-likeness (QED) is 0.310. The molecule has 60 valence electrons. The normalized spacial score (nSPS) is 32.7. The van der Waals surface area contributed by atoms with Gasteiger partial charge in [-0.3, -0.25) is 5.73 Å². The smallest absolute Gasteiger partial charge is 0.549 e. The van der Waals surface area contributed by atoms with Gasteiger partial charge in [0.25, 0.3) is 0 Å². The molecule has 12 heavy (non-hydrogen) atoms. The predicted octanol–water partition coefficient (Wildman–Crippen LogP) is -4.87. The van der Waals surface area contributed by atoms with Gasteiger partial charge in [-0.05, 0) is 6.08 Å². The largest absolute Gasteiger partial charge is 1.00 e. The minimum atomic E-state index is -1.81. The van der Waals surface area contributed by atoms with E-state index in [2.05, 4.69) is 0 Å². The number of carbonyl (C=O) groups is 1. The second-order valence-electron chi connectivity index (χ2n) is 2.43. The summed E-state index contributed by atoms with van der Waals surface area (Å²) in [6, 6.07) is 0. The minimum absolute atomic E-state index is 0. The Morgan fingerprint density at radius 2 is 2.17 bits per heavy atom. The Kier molecular flexibility index (Phi) is 4.16. The number of carboxylic acid groups (broad SMARTS) is 1. The number of hydrogen-bond acceptors (Lipinski definition) is 4. The number of rotatable bonds is 1. The average molecular weight is 177 g/mol. The van der Waals surface area contributed by atoms with Gasteiger partial charge in [-0.1, -0.05) is 18.2 Å². The van der Waals surface area contributed by atoms with E-state index in [0.29, 0.717) is 0 Å². The molecular formula is C7H8NNaO3. The first-order chi connectivity index (χ1) is 5.04. The summed E-state index contributed by atoms with van der Waals surface area (Å²) in [4.78, 5) is 10.3. The third kappa shape index (κ3) is 2.43. The summed E-state index contributed by atoms with van der Waals surface area (Å²) in [6.07, 6.45) is 5.49. The molecule has 0 aromatic rings.